The van der Waals surface area contributed by atoms with Gasteiger partial charge in [0.05, 0.1) is 18.7 Å². The molecule has 1 N–H and O–H groups in total. The van der Waals surface area contributed by atoms with E-state index in [4.69, 9.17) is 5.26 Å². The maximum Gasteiger partial charge on any atom is 0.412 e. The average molecular weight is 230 g/mol. The van der Waals surface area contributed by atoms with E-state index in [0.29, 0.717) is 0 Å². The fourth-order valence-electron chi connectivity index (χ4n) is 0.624. The van der Waals surface area contributed by atoms with Crippen LogP contribution in [0, 0.1) is 11.3 Å². The van der Waals surface area contributed by atoms with E-state index >= 15 is 0 Å². The molecule has 0 bridgehead atoms. The number of ether oxygens (including phenoxy) is 2. The number of amides is 1. The summed E-state index contributed by atoms with van der Waals surface area (Å²) in [6.07, 6.45) is -0.792. The fourth-order valence-corrected chi connectivity index (χ4v) is 0.856. The number of methoxy groups -OCH3 is 1. The molecule has 7 heteroatoms. The zero-order valence-corrected chi connectivity index (χ0v) is 9.13. The zero-order valence-electron chi connectivity index (χ0n) is 8.23. The Labute approximate surface area is 92.3 Å². The van der Waals surface area contributed by atoms with Crippen molar-refractivity contribution in [2.75, 3.05) is 13.7 Å². The first kappa shape index (κ1) is 13.3. The highest BCUT2D eigenvalue weighted by molar-refractivity contribution is 7.84. The van der Waals surface area contributed by atoms with Gasteiger partial charge in [0.1, 0.15) is 6.07 Å². The first-order valence-electron chi connectivity index (χ1n) is 3.92. The number of thiol groups is 1. The molecule has 0 heterocycles. The van der Waals surface area contributed by atoms with Gasteiger partial charge in [0.2, 0.25) is 0 Å². The summed E-state index contributed by atoms with van der Waals surface area (Å²) in [7, 11) is 1.12. The maximum absolute atomic E-state index is 11.0. The minimum atomic E-state index is -0.876. The Bertz CT molecular complexity index is 332. The Morgan fingerprint density at radius 1 is 1.53 bits per heavy atom. The predicted molar refractivity (Wildman–Crippen MR) is 53.8 cm³/mol. The van der Waals surface area contributed by atoms with Gasteiger partial charge < -0.3 is 9.47 Å². The van der Waals surface area contributed by atoms with E-state index in [-0.39, 0.29) is 11.6 Å². The lowest BCUT2D eigenvalue weighted by Gasteiger charge is -2.05. The third-order valence-electron chi connectivity index (χ3n) is 1.23. The van der Waals surface area contributed by atoms with E-state index in [9.17, 15) is 9.59 Å². The van der Waals surface area contributed by atoms with Gasteiger partial charge in [-0.15, -0.1) is 12.6 Å². The molecule has 0 unspecified atom stereocenters. The number of esters is 1. The van der Waals surface area contributed by atoms with Crippen LogP contribution in [0.25, 0.3) is 0 Å². The Kier molecular flexibility index (Phi) is 5.97. The molecule has 0 saturated heterocycles. The smallest absolute Gasteiger partial charge is 0.412 e. The topological polar surface area (TPSA) is 88.4 Å². The molecule has 0 radical (unpaired) electrons. The van der Waals surface area contributed by atoms with Crippen LogP contribution >= 0.6 is 12.6 Å². The Morgan fingerprint density at radius 3 is 2.53 bits per heavy atom. The Balaban J connectivity index is 4.68. The van der Waals surface area contributed by atoms with Crippen LogP contribution in [0.5, 0.6) is 0 Å². The lowest BCUT2D eigenvalue weighted by molar-refractivity contribution is -0.135. The fraction of sp³-hybridized carbons (Fsp3) is 0.375. The number of hydrogen-bond acceptors (Lipinski definition) is 6. The lowest BCUT2D eigenvalue weighted by atomic mass is 10.3. The molecule has 0 aliphatic carbocycles. The van der Waals surface area contributed by atoms with Gasteiger partial charge in [0, 0.05) is 0 Å². The Hall–Kier alpha value is -1.68. The van der Waals surface area contributed by atoms with Crippen molar-refractivity contribution in [3.63, 3.8) is 0 Å². The number of alkyl carbamates (subject to hydrolysis) is 1. The second kappa shape index (κ2) is 6.73. The molecule has 0 saturated carbocycles. The molecular weight excluding hydrogens is 220 g/mol. The van der Waals surface area contributed by atoms with Crippen molar-refractivity contribution in [2.45, 2.75) is 6.92 Å². The van der Waals surface area contributed by atoms with Crippen molar-refractivity contribution in [2.24, 2.45) is 0 Å². The highest BCUT2D eigenvalue weighted by atomic mass is 32.1. The minimum absolute atomic E-state index is 0.174. The van der Waals surface area contributed by atoms with Crippen LogP contribution in [0.2, 0.25) is 0 Å². The maximum atomic E-state index is 11.0. The summed E-state index contributed by atoms with van der Waals surface area (Å²) in [6, 6.07) is 1.56. The van der Waals surface area contributed by atoms with Crippen LogP contribution in [-0.4, -0.2) is 25.8 Å². The van der Waals surface area contributed by atoms with Gasteiger partial charge in [0.25, 0.3) is 0 Å². The molecule has 0 rings (SSSR count). The van der Waals surface area contributed by atoms with Crippen molar-refractivity contribution in [1.82, 2.24) is 5.32 Å². The molecule has 6 nitrogen and oxygen atoms in total. The predicted octanol–water partition coefficient (Wildman–Crippen LogP) is 0.570. The van der Waals surface area contributed by atoms with Gasteiger partial charge in [0.15, 0.2) is 5.57 Å². The van der Waals surface area contributed by atoms with E-state index in [0.717, 1.165) is 7.11 Å². The van der Waals surface area contributed by atoms with E-state index in [1.807, 2.05) is 0 Å². The standard InChI is InChI=1S/C8H10N2O4S/c1-3-14-8(12)10-6(15)5(4-9)7(11)13-2/h15H,3H2,1-2H3,(H,10,12)/b6-5+. The van der Waals surface area contributed by atoms with Crippen LogP contribution in [0.15, 0.2) is 10.6 Å². The average Bonchev–Trinajstić information content (AvgIpc) is 2.18. The first-order chi connectivity index (χ1) is 7.06. The summed E-state index contributed by atoms with van der Waals surface area (Å²) < 4.78 is 8.83. The number of nitrogens with zero attached hydrogens (tertiary/aromatic N) is 1. The van der Waals surface area contributed by atoms with Crippen molar-refractivity contribution < 1.29 is 19.1 Å². The second-order valence-corrected chi connectivity index (χ2v) is 2.62. The summed E-state index contributed by atoms with van der Waals surface area (Å²) in [6.45, 7) is 1.79. The van der Waals surface area contributed by atoms with Crippen LogP contribution in [-0.2, 0) is 14.3 Å². The highest BCUT2D eigenvalue weighted by Gasteiger charge is 2.15. The molecule has 0 spiro atoms. The molecule has 0 aliphatic heterocycles. The molecule has 0 aliphatic rings. The van der Waals surface area contributed by atoms with Crippen LogP contribution in [0.3, 0.4) is 0 Å². The van der Waals surface area contributed by atoms with E-state index in [1.165, 1.54) is 0 Å². The summed E-state index contributed by atoms with van der Waals surface area (Å²) >= 11 is 3.77. The largest absolute Gasteiger partial charge is 0.465 e. The molecule has 0 aromatic heterocycles. The number of nitrogens with one attached hydrogen (secondary N) is 1. The number of nitriles is 1. The minimum Gasteiger partial charge on any atom is -0.465 e. The third-order valence-corrected chi connectivity index (χ3v) is 1.57. The number of hydrogen-bond donors (Lipinski definition) is 2. The molecule has 0 atom stereocenters. The van der Waals surface area contributed by atoms with Crippen molar-refractivity contribution in [3.8, 4) is 6.07 Å². The molecule has 0 aromatic rings. The first-order valence-corrected chi connectivity index (χ1v) is 4.36. The zero-order chi connectivity index (χ0) is 11.8. The van der Waals surface area contributed by atoms with Gasteiger partial charge in [-0.1, -0.05) is 0 Å². The molecule has 0 fully saturated rings. The SMILES string of the molecule is CCOC(=O)N/C(S)=C(/C#N)C(=O)OC. The van der Waals surface area contributed by atoms with Crippen LogP contribution in [0.1, 0.15) is 6.92 Å². The van der Waals surface area contributed by atoms with Crippen molar-refractivity contribution >= 4 is 24.7 Å². The van der Waals surface area contributed by atoms with E-state index in [1.54, 1.807) is 13.0 Å². The molecule has 0 aromatic carbocycles. The lowest BCUT2D eigenvalue weighted by Crippen LogP contribution is -2.24. The summed E-state index contributed by atoms with van der Waals surface area (Å²) in [4.78, 5) is 21.9. The molecular formula is C8H10N2O4S. The summed E-state index contributed by atoms with van der Waals surface area (Å²) in [5.41, 5.74) is -0.395. The van der Waals surface area contributed by atoms with Gasteiger partial charge in [-0.2, -0.15) is 5.26 Å². The normalized spacial score (nSPS) is 10.8. The van der Waals surface area contributed by atoms with Gasteiger partial charge in [-0.3, -0.25) is 5.32 Å². The number of carbonyl (C=O) groups is 2. The van der Waals surface area contributed by atoms with E-state index in [2.05, 4.69) is 27.4 Å². The Morgan fingerprint density at radius 2 is 2.13 bits per heavy atom. The van der Waals surface area contributed by atoms with Gasteiger partial charge in [-0.05, 0) is 6.92 Å². The van der Waals surface area contributed by atoms with Crippen LogP contribution in [0.4, 0.5) is 4.79 Å². The van der Waals surface area contributed by atoms with Crippen molar-refractivity contribution in [3.05, 3.63) is 10.6 Å². The van der Waals surface area contributed by atoms with Gasteiger partial charge in [-0.25, -0.2) is 9.59 Å². The molecule has 1 amide bonds. The van der Waals surface area contributed by atoms with Crippen LogP contribution < -0.4 is 5.32 Å². The monoisotopic (exact) mass is 230 g/mol. The highest BCUT2D eigenvalue weighted by Crippen LogP contribution is 2.06. The number of rotatable bonds is 3. The second-order valence-electron chi connectivity index (χ2n) is 2.17. The molecule has 82 valence electrons. The third kappa shape index (κ3) is 4.37. The summed E-state index contributed by atoms with van der Waals surface area (Å²) in [5, 5.41) is 10.5. The van der Waals surface area contributed by atoms with Crippen molar-refractivity contribution in [1.29, 1.82) is 5.26 Å². The van der Waals surface area contributed by atoms with Gasteiger partial charge >= 0.3 is 12.1 Å². The quantitative estimate of drug-likeness (QED) is 0.320. The van der Waals surface area contributed by atoms with E-state index < -0.39 is 17.6 Å². The summed E-state index contributed by atoms with van der Waals surface area (Å²) in [5.74, 6) is -0.876. The number of carbonyl (C=O) groups excluding carboxylic acids is 2. The molecule has 15 heavy (non-hydrogen) atoms.